The first-order valence-corrected chi connectivity index (χ1v) is 3.97. The van der Waals surface area contributed by atoms with Crippen LogP contribution in [0.25, 0.3) is 0 Å². The summed E-state index contributed by atoms with van der Waals surface area (Å²) in [6, 6.07) is 0. The van der Waals surface area contributed by atoms with E-state index < -0.39 is 0 Å². The Kier molecular flexibility index (Phi) is 3.12. The van der Waals surface area contributed by atoms with Crippen molar-refractivity contribution < 1.29 is 4.79 Å². The van der Waals surface area contributed by atoms with Crippen LogP contribution in [-0.2, 0) is 11.2 Å². The number of hydrogen-bond acceptors (Lipinski definition) is 4. The minimum absolute atomic E-state index is 0.101. The van der Waals surface area contributed by atoms with E-state index in [4.69, 9.17) is 5.84 Å². The van der Waals surface area contributed by atoms with E-state index in [0.29, 0.717) is 5.82 Å². The van der Waals surface area contributed by atoms with Gasteiger partial charge in [0.25, 0.3) is 0 Å². The second-order valence-electron chi connectivity index (χ2n) is 2.06. The maximum Gasteiger partial charge on any atom is 0.241 e. The monoisotopic (exact) mass is 230 g/mol. The van der Waals surface area contributed by atoms with Crippen molar-refractivity contribution in [3.8, 4) is 0 Å². The molecule has 0 aliphatic carbocycles. The minimum atomic E-state index is -0.308. The molecule has 0 saturated carbocycles. The van der Waals surface area contributed by atoms with Crippen LogP contribution < -0.4 is 11.3 Å². The standard InChI is InChI=1S/C6H7BrN4O/c7-4-2-9-5(10-3-4)1-6(12)11-8/h2-3H,1,8H2,(H,11,12). The van der Waals surface area contributed by atoms with Gasteiger partial charge in [-0.2, -0.15) is 0 Å². The van der Waals surface area contributed by atoms with E-state index in [1.165, 1.54) is 0 Å². The van der Waals surface area contributed by atoms with E-state index in [-0.39, 0.29) is 12.3 Å². The molecule has 3 N–H and O–H groups in total. The zero-order chi connectivity index (χ0) is 8.97. The lowest BCUT2D eigenvalue weighted by atomic mass is 10.4. The van der Waals surface area contributed by atoms with Crippen molar-refractivity contribution in [3.05, 3.63) is 22.7 Å². The Morgan fingerprint density at radius 3 is 2.67 bits per heavy atom. The van der Waals surface area contributed by atoms with E-state index in [0.717, 1.165) is 4.47 Å². The molecule has 64 valence electrons. The Morgan fingerprint density at radius 2 is 2.17 bits per heavy atom. The van der Waals surface area contributed by atoms with Crippen LogP contribution in [-0.4, -0.2) is 15.9 Å². The minimum Gasteiger partial charge on any atom is -0.294 e. The number of halogens is 1. The highest BCUT2D eigenvalue weighted by molar-refractivity contribution is 9.10. The fraction of sp³-hybridized carbons (Fsp3) is 0.167. The Hall–Kier alpha value is -1.01. The van der Waals surface area contributed by atoms with Crippen molar-refractivity contribution in [2.24, 2.45) is 5.84 Å². The second-order valence-corrected chi connectivity index (χ2v) is 2.98. The molecule has 0 atom stereocenters. The normalized spacial score (nSPS) is 9.50. The summed E-state index contributed by atoms with van der Waals surface area (Å²) >= 11 is 3.18. The summed E-state index contributed by atoms with van der Waals surface area (Å²) in [6.45, 7) is 0. The van der Waals surface area contributed by atoms with Crippen LogP contribution in [0.15, 0.2) is 16.9 Å². The van der Waals surface area contributed by atoms with E-state index in [1.807, 2.05) is 5.43 Å². The number of carbonyl (C=O) groups is 1. The third-order valence-corrected chi connectivity index (χ3v) is 1.56. The highest BCUT2D eigenvalue weighted by atomic mass is 79.9. The van der Waals surface area contributed by atoms with Crippen LogP contribution in [0.1, 0.15) is 5.82 Å². The first-order chi connectivity index (χ1) is 5.72. The predicted molar refractivity (Wildman–Crippen MR) is 45.8 cm³/mol. The number of nitrogens with one attached hydrogen (secondary N) is 1. The fourth-order valence-corrected chi connectivity index (χ4v) is 0.830. The molecular weight excluding hydrogens is 224 g/mol. The summed E-state index contributed by atoms with van der Waals surface area (Å²) in [4.78, 5) is 18.5. The number of nitrogens with zero attached hydrogens (tertiary/aromatic N) is 2. The van der Waals surface area contributed by atoms with Crippen molar-refractivity contribution in [1.82, 2.24) is 15.4 Å². The molecule has 1 aromatic rings. The molecular formula is C6H7BrN4O. The van der Waals surface area contributed by atoms with Crippen LogP contribution in [0.5, 0.6) is 0 Å². The number of hydrogen-bond donors (Lipinski definition) is 2. The maximum atomic E-state index is 10.7. The zero-order valence-corrected chi connectivity index (χ0v) is 7.71. The van der Waals surface area contributed by atoms with Crippen LogP contribution in [0.3, 0.4) is 0 Å². The molecule has 6 heteroatoms. The van der Waals surface area contributed by atoms with Gasteiger partial charge >= 0.3 is 0 Å². The highest BCUT2D eigenvalue weighted by Crippen LogP contribution is 2.04. The quantitative estimate of drug-likeness (QED) is 0.418. The molecule has 5 nitrogen and oxygen atoms in total. The Morgan fingerprint density at radius 1 is 1.58 bits per heavy atom. The van der Waals surface area contributed by atoms with Gasteiger partial charge in [-0.25, -0.2) is 15.8 Å². The van der Waals surface area contributed by atoms with Crippen molar-refractivity contribution in [2.45, 2.75) is 6.42 Å². The molecule has 1 amide bonds. The molecule has 1 aromatic heterocycles. The molecule has 0 aromatic carbocycles. The van der Waals surface area contributed by atoms with Crippen molar-refractivity contribution in [2.75, 3.05) is 0 Å². The fourth-order valence-electron chi connectivity index (χ4n) is 0.625. The SMILES string of the molecule is NNC(=O)Cc1ncc(Br)cn1. The van der Waals surface area contributed by atoms with Gasteiger partial charge in [0.15, 0.2) is 0 Å². The number of amides is 1. The number of nitrogens with two attached hydrogens (primary N) is 1. The molecule has 0 saturated heterocycles. The lowest BCUT2D eigenvalue weighted by Gasteiger charge is -1.97. The molecule has 12 heavy (non-hydrogen) atoms. The van der Waals surface area contributed by atoms with Gasteiger partial charge in [0.2, 0.25) is 5.91 Å². The molecule has 0 spiro atoms. The summed E-state index contributed by atoms with van der Waals surface area (Å²) in [5.74, 6) is 5.02. The first-order valence-electron chi connectivity index (χ1n) is 3.18. The molecule has 1 heterocycles. The number of hydrazine groups is 1. The summed E-state index contributed by atoms with van der Waals surface area (Å²) in [5.41, 5.74) is 2.00. The van der Waals surface area contributed by atoms with Gasteiger partial charge in [0.1, 0.15) is 5.82 Å². The molecule has 0 aliphatic rings. The van der Waals surface area contributed by atoms with Crippen molar-refractivity contribution in [3.63, 3.8) is 0 Å². The summed E-state index contributed by atoms with van der Waals surface area (Å²) in [7, 11) is 0. The van der Waals surface area contributed by atoms with Crippen LogP contribution >= 0.6 is 15.9 Å². The van der Waals surface area contributed by atoms with Gasteiger partial charge in [-0.3, -0.25) is 10.2 Å². The molecule has 1 rings (SSSR count). The maximum absolute atomic E-state index is 10.7. The summed E-state index contributed by atoms with van der Waals surface area (Å²) in [5, 5.41) is 0. The van der Waals surface area contributed by atoms with Crippen molar-refractivity contribution >= 4 is 21.8 Å². The average molecular weight is 231 g/mol. The first kappa shape index (κ1) is 9.08. The summed E-state index contributed by atoms with van der Waals surface area (Å²) < 4.78 is 0.777. The van der Waals surface area contributed by atoms with Crippen LogP contribution in [0, 0.1) is 0 Å². The molecule has 0 bridgehead atoms. The van der Waals surface area contributed by atoms with Gasteiger partial charge in [0.05, 0.1) is 10.9 Å². The smallest absolute Gasteiger partial charge is 0.241 e. The predicted octanol–water partition coefficient (Wildman–Crippen LogP) is -0.229. The van der Waals surface area contributed by atoms with E-state index >= 15 is 0 Å². The van der Waals surface area contributed by atoms with Gasteiger partial charge < -0.3 is 0 Å². The molecule has 0 fully saturated rings. The Labute approximate surface area is 77.5 Å². The lowest BCUT2D eigenvalue weighted by Crippen LogP contribution is -2.31. The topological polar surface area (TPSA) is 80.9 Å². The van der Waals surface area contributed by atoms with Gasteiger partial charge in [-0.1, -0.05) is 0 Å². The van der Waals surface area contributed by atoms with Gasteiger partial charge in [-0.15, -0.1) is 0 Å². The van der Waals surface area contributed by atoms with E-state index in [9.17, 15) is 4.79 Å². The molecule has 0 aliphatic heterocycles. The van der Waals surface area contributed by atoms with Crippen molar-refractivity contribution in [1.29, 1.82) is 0 Å². The zero-order valence-electron chi connectivity index (χ0n) is 6.12. The summed E-state index contributed by atoms with van der Waals surface area (Å²) in [6.07, 6.45) is 3.25. The number of carbonyl (C=O) groups excluding carboxylic acids is 1. The largest absolute Gasteiger partial charge is 0.294 e. The lowest BCUT2D eigenvalue weighted by molar-refractivity contribution is -0.120. The third kappa shape index (κ3) is 2.55. The average Bonchev–Trinajstić information content (AvgIpc) is 2.09. The Bertz CT molecular complexity index is 273. The van der Waals surface area contributed by atoms with E-state index in [1.54, 1.807) is 12.4 Å². The molecule has 0 unspecified atom stereocenters. The number of aromatic nitrogens is 2. The van der Waals surface area contributed by atoms with Gasteiger partial charge in [-0.05, 0) is 15.9 Å². The van der Waals surface area contributed by atoms with Crippen LogP contribution in [0.2, 0.25) is 0 Å². The highest BCUT2D eigenvalue weighted by Gasteiger charge is 2.02. The Balaban J connectivity index is 2.64. The molecule has 0 radical (unpaired) electrons. The number of rotatable bonds is 2. The van der Waals surface area contributed by atoms with Gasteiger partial charge in [0, 0.05) is 12.4 Å². The third-order valence-electron chi connectivity index (χ3n) is 1.15. The van der Waals surface area contributed by atoms with E-state index in [2.05, 4.69) is 25.9 Å². The van der Waals surface area contributed by atoms with Crippen LogP contribution in [0.4, 0.5) is 0 Å². The second kappa shape index (κ2) is 4.13.